The lowest BCUT2D eigenvalue weighted by molar-refractivity contribution is 0.0949. The molecule has 0 saturated heterocycles. The van der Waals surface area contributed by atoms with Gasteiger partial charge in [-0.2, -0.15) is 9.78 Å². The number of nitrogens with two attached hydrogens (primary N) is 1. The number of anilines is 1. The van der Waals surface area contributed by atoms with Crippen LogP contribution in [-0.4, -0.2) is 37.4 Å². The molecule has 0 aliphatic carbocycles. The SMILES string of the molecule is Cc1ccc(SCc2c(C(=O)N/N=C/c3ccc(C)s3)nnn2-c2nonc2N)cc1. The van der Waals surface area contributed by atoms with E-state index in [2.05, 4.69) is 35.8 Å². The first-order chi connectivity index (χ1) is 15.0. The molecule has 1 amide bonds. The summed E-state index contributed by atoms with van der Waals surface area (Å²) in [4.78, 5) is 15.9. The smallest absolute Gasteiger partial charge is 0.293 e. The number of amides is 1. The molecule has 0 saturated carbocycles. The fourth-order valence-corrected chi connectivity index (χ4v) is 4.27. The Kier molecular flexibility index (Phi) is 6.09. The zero-order valence-corrected chi connectivity index (χ0v) is 18.3. The van der Waals surface area contributed by atoms with Crippen LogP contribution < -0.4 is 11.2 Å². The number of carbonyl (C=O) groups is 1. The Balaban J connectivity index is 1.58. The molecule has 10 nitrogen and oxygen atoms in total. The Hall–Kier alpha value is -3.51. The monoisotopic (exact) mass is 454 g/mol. The average Bonchev–Trinajstić information content (AvgIpc) is 3.47. The van der Waals surface area contributed by atoms with Gasteiger partial charge in [-0.05, 0) is 48.4 Å². The maximum atomic E-state index is 12.7. The lowest BCUT2D eigenvalue weighted by Gasteiger charge is -2.06. The highest BCUT2D eigenvalue weighted by molar-refractivity contribution is 7.98. The van der Waals surface area contributed by atoms with Crippen molar-refractivity contribution in [2.24, 2.45) is 5.10 Å². The van der Waals surface area contributed by atoms with Crippen molar-refractivity contribution in [3.63, 3.8) is 0 Å². The molecular weight excluding hydrogens is 436 g/mol. The van der Waals surface area contributed by atoms with Gasteiger partial charge in [-0.15, -0.1) is 28.2 Å². The number of nitrogens with zero attached hydrogens (tertiary/aromatic N) is 6. The zero-order chi connectivity index (χ0) is 21.8. The normalized spacial score (nSPS) is 11.3. The standard InChI is InChI=1S/C19H18N8O2S2/c1-11-3-6-13(7-4-11)30-10-15-16(22-26-27(15)18-17(20)24-29-25-18)19(28)23-21-9-14-8-5-12(2)31-14/h3-9H,10H2,1-2H3,(H2,20,24)(H,23,28)/b21-9+. The number of benzene rings is 1. The number of hydrogen-bond acceptors (Lipinski definition) is 10. The average molecular weight is 455 g/mol. The van der Waals surface area contributed by atoms with Gasteiger partial charge in [-0.1, -0.05) is 22.9 Å². The number of hydrogen-bond donors (Lipinski definition) is 2. The molecule has 0 aliphatic rings. The number of aromatic nitrogens is 5. The first-order valence-electron chi connectivity index (χ1n) is 9.13. The van der Waals surface area contributed by atoms with Crippen molar-refractivity contribution < 1.29 is 9.42 Å². The van der Waals surface area contributed by atoms with Crippen LogP contribution in [0.5, 0.6) is 0 Å². The number of nitrogens with one attached hydrogen (secondary N) is 1. The second kappa shape index (κ2) is 9.10. The number of hydrazone groups is 1. The van der Waals surface area contributed by atoms with Gasteiger partial charge >= 0.3 is 0 Å². The van der Waals surface area contributed by atoms with Gasteiger partial charge in [0.25, 0.3) is 5.91 Å². The van der Waals surface area contributed by atoms with Gasteiger partial charge in [0, 0.05) is 20.4 Å². The molecule has 0 unspecified atom stereocenters. The van der Waals surface area contributed by atoms with Crippen LogP contribution in [0.3, 0.4) is 0 Å². The van der Waals surface area contributed by atoms with Crippen LogP contribution in [0.4, 0.5) is 5.82 Å². The van der Waals surface area contributed by atoms with E-state index in [1.165, 1.54) is 16.4 Å². The van der Waals surface area contributed by atoms with E-state index in [1.807, 2.05) is 50.2 Å². The van der Waals surface area contributed by atoms with E-state index in [1.54, 1.807) is 17.6 Å². The minimum absolute atomic E-state index is 0.0459. The lowest BCUT2D eigenvalue weighted by Crippen LogP contribution is -2.20. The summed E-state index contributed by atoms with van der Waals surface area (Å²) in [5.41, 5.74) is 10.1. The van der Waals surface area contributed by atoms with Crippen molar-refractivity contribution >= 4 is 41.0 Å². The highest BCUT2D eigenvalue weighted by Crippen LogP contribution is 2.26. The first-order valence-corrected chi connectivity index (χ1v) is 10.9. The Morgan fingerprint density at radius 1 is 1.26 bits per heavy atom. The van der Waals surface area contributed by atoms with Gasteiger partial charge in [0.05, 0.1) is 11.9 Å². The summed E-state index contributed by atoms with van der Waals surface area (Å²) in [6.45, 7) is 4.02. The molecule has 3 aromatic heterocycles. The molecule has 31 heavy (non-hydrogen) atoms. The van der Waals surface area contributed by atoms with Crippen molar-refractivity contribution in [2.75, 3.05) is 5.73 Å². The summed E-state index contributed by atoms with van der Waals surface area (Å²) in [6, 6.07) is 12.0. The first kappa shape index (κ1) is 20.8. The van der Waals surface area contributed by atoms with Crippen LogP contribution in [0, 0.1) is 13.8 Å². The molecule has 4 aromatic rings. The van der Waals surface area contributed by atoms with E-state index in [0.29, 0.717) is 11.4 Å². The molecular formula is C19H18N8O2S2. The minimum Gasteiger partial charge on any atom is -0.378 e. The van der Waals surface area contributed by atoms with E-state index >= 15 is 0 Å². The Morgan fingerprint density at radius 2 is 2.06 bits per heavy atom. The third kappa shape index (κ3) is 4.81. The molecule has 4 rings (SSSR count). The Morgan fingerprint density at radius 3 is 2.74 bits per heavy atom. The molecule has 0 atom stereocenters. The maximum Gasteiger partial charge on any atom is 0.293 e. The third-order valence-corrected chi connectivity index (χ3v) is 6.15. The van der Waals surface area contributed by atoms with Crippen LogP contribution >= 0.6 is 23.1 Å². The van der Waals surface area contributed by atoms with E-state index in [-0.39, 0.29) is 17.3 Å². The highest BCUT2D eigenvalue weighted by Gasteiger charge is 2.24. The van der Waals surface area contributed by atoms with E-state index in [0.717, 1.165) is 20.2 Å². The van der Waals surface area contributed by atoms with Crippen molar-refractivity contribution in [1.29, 1.82) is 0 Å². The predicted molar refractivity (Wildman–Crippen MR) is 118 cm³/mol. The van der Waals surface area contributed by atoms with Crippen LogP contribution in [0.25, 0.3) is 5.82 Å². The summed E-state index contributed by atoms with van der Waals surface area (Å²) in [5, 5.41) is 19.4. The highest BCUT2D eigenvalue weighted by atomic mass is 32.2. The van der Waals surface area contributed by atoms with E-state index in [9.17, 15) is 4.79 Å². The Labute approximate surface area is 185 Å². The van der Waals surface area contributed by atoms with Crippen molar-refractivity contribution in [1.82, 2.24) is 30.7 Å². The molecule has 0 aliphatic heterocycles. The van der Waals surface area contributed by atoms with Gasteiger partial charge in [-0.3, -0.25) is 4.79 Å². The van der Waals surface area contributed by atoms with Crippen LogP contribution in [-0.2, 0) is 5.75 Å². The summed E-state index contributed by atoms with van der Waals surface area (Å²) in [7, 11) is 0. The van der Waals surface area contributed by atoms with E-state index < -0.39 is 5.91 Å². The topological polar surface area (TPSA) is 137 Å². The number of thiophene rings is 1. The number of carbonyl (C=O) groups excluding carboxylic acids is 1. The number of thioether (sulfide) groups is 1. The van der Waals surface area contributed by atoms with Gasteiger partial charge in [0.1, 0.15) is 0 Å². The largest absolute Gasteiger partial charge is 0.378 e. The van der Waals surface area contributed by atoms with Crippen LogP contribution in [0.15, 0.2) is 51.0 Å². The lowest BCUT2D eigenvalue weighted by atomic mass is 10.2. The van der Waals surface area contributed by atoms with Crippen molar-refractivity contribution in [3.8, 4) is 5.82 Å². The van der Waals surface area contributed by atoms with Gasteiger partial charge in [0.2, 0.25) is 11.6 Å². The third-order valence-electron chi connectivity index (χ3n) is 4.19. The fraction of sp³-hybridized carbons (Fsp3) is 0.158. The zero-order valence-electron chi connectivity index (χ0n) is 16.6. The number of aryl methyl sites for hydroxylation is 2. The molecule has 0 fully saturated rings. The molecule has 0 radical (unpaired) electrons. The molecule has 12 heteroatoms. The minimum atomic E-state index is -0.495. The molecule has 0 spiro atoms. The fourth-order valence-electron chi connectivity index (χ4n) is 2.63. The molecule has 0 bridgehead atoms. The number of nitrogen functional groups attached to an aromatic ring is 1. The van der Waals surface area contributed by atoms with Gasteiger partial charge in [0.15, 0.2) is 5.69 Å². The number of rotatable bonds is 7. The van der Waals surface area contributed by atoms with Gasteiger partial charge < -0.3 is 5.73 Å². The van der Waals surface area contributed by atoms with Gasteiger partial charge in [-0.25, -0.2) is 10.1 Å². The van der Waals surface area contributed by atoms with Crippen molar-refractivity contribution in [2.45, 2.75) is 24.5 Å². The Bertz CT molecular complexity index is 1230. The summed E-state index contributed by atoms with van der Waals surface area (Å²) in [5.74, 6) is 0.109. The molecule has 3 N–H and O–H groups in total. The molecule has 1 aromatic carbocycles. The summed E-state index contributed by atoms with van der Waals surface area (Å²) >= 11 is 3.10. The quantitative estimate of drug-likeness (QED) is 0.247. The van der Waals surface area contributed by atoms with Crippen LogP contribution in [0.1, 0.15) is 31.5 Å². The van der Waals surface area contributed by atoms with Crippen LogP contribution in [0.2, 0.25) is 0 Å². The maximum absolute atomic E-state index is 12.7. The second-order valence-electron chi connectivity index (χ2n) is 6.52. The second-order valence-corrected chi connectivity index (χ2v) is 8.89. The predicted octanol–water partition coefficient (Wildman–Crippen LogP) is 2.97. The summed E-state index contributed by atoms with van der Waals surface area (Å²) in [6.07, 6.45) is 1.58. The summed E-state index contributed by atoms with van der Waals surface area (Å²) < 4.78 is 6.03. The van der Waals surface area contributed by atoms with E-state index in [4.69, 9.17) is 5.73 Å². The molecule has 3 heterocycles. The molecule has 158 valence electrons. The van der Waals surface area contributed by atoms with Crippen molar-refractivity contribution in [3.05, 3.63) is 63.1 Å².